The zero-order valence-electron chi connectivity index (χ0n) is 15.3. The smallest absolute Gasteiger partial charge is 0.273 e. The normalized spacial score (nSPS) is 17.3. The third kappa shape index (κ3) is 3.99. The quantitative estimate of drug-likeness (QED) is 0.874. The molecule has 27 heavy (non-hydrogen) atoms. The molecule has 0 radical (unpaired) electrons. The van der Waals surface area contributed by atoms with E-state index in [-0.39, 0.29) is 35.3 Å². The van der Waals surface area contributed by atoms with Gasteiger partial charge in [-0.05, 0) is 36.8 Å². The van der Waals surface area contributed by atoms with Gasteiger partial charge in [0.05, 0.1) is 0 Å². The number of carbonyl (C=O) groups is 2. The second-order valence-electron chi connectivity index (χ2n) is 7.43. The highest BCUT2D eigenvalue weighted by atomic mass is 16.2. The second kappa shape index (κ2) is 7.86. The fraction of sp³-hybridized carbons (Fsp3) is 0.429. The molecule has 0 unspecified atom stereocenters. The average molecular weight is 364 g/mol. The molecule has 2 aliphatic rings. The summed E-state index contributed by atoms with van der Waals surface area (Å²) in [5.41, 5.74) is 2.62. The van der Waals surface area contributed by atoms with Gasteiger partial charge < -0.3 is 10.6 Å². The van der Waals surface area contributed by atoms with E-state index in [0.29, 0.717) is 12.8 Å². The van der Waals surface area contributed by atoms with Crippen LogP contribution >= 0.6 is 0 Å². The van der Waals surface area contributed by atoms with E-state index in [9.17, 15) is 9.59 Å². The molecule has 2 aliphatic carbocycles. The van der Waals surface area contributed by atoms with Crippen LogP contribution in [0.1, 0.15) is 53.7 Å². The summed E-state index contributed by atoms with van der Waals surface area (Å²) >= 11 is 0. The first-order chi connectivity index (χ1) is 13.2. The van der Waals surface area contributed by atoms with Crippen molar-refractivity contribution in [2.75, 3.05) is 5.32 Å². The van der Waals surface area contributed by atoms with Crippen molar-refractivity contribution in [1.82, 2.24) is 15.3 Å². The molecular formula is C21H24N4O2. The second-order valence-corrected chi connectivity index (χ2v) is 7.43. The van der Waals surface area contributed by atoms with Crippen molar-refractivity contribution in [2.45, 2.75) is 51.0 Å². The van der Waals surface area contributed by atoms with Crippen molar-refractivity contribution in [3.63, 3.8) is 0 Å². The third-order valence-corrected chi connectivity index (χ3v) is 5.52. The van der Waals surface area contributed by atoms with E-state index in [1.165, 1.54) is 29.9 Å². The standard InChI is InChI=1S/C21H24N4O2/c26-20(16-12-14-6-4-5-7-15(14)13-16)25-19-18(22-10-11-23-19)21(27)24-17-8-2-1-3-9-17/h4-7,10-11,16-17H,1-3,8-9,12-13H2,(H,24,27)(H,23,25,26). The maximum absolute atomic E-state index is 12.7. The van der Waals surface area contributed by atoms with E-state index in [0.717, 1.165) is 25.7 Å². The molecule has 6 heteroatoms. The number of anilines is 1. The Morgan fingerprint density at radius 3 is 2.30 bits per heavy atom. The lowest BCUT2D eigenvalue weighted by atomic mass is 9.95. The maximum Gasteiger partial charge on any atom is 0.273 e. The molecular weight excluding hydrogens is 340 g/mol. The molecule has 1 aromatic heterocycles. The van der Waals surface area contributed by atoms with E-state index in [1.54, 1.807) is 0 Å². The number of nitrogens with one attached hydrogen (secondary N) is 2. The highest BCUT2D eigenvalue weighted by molar-refractivity contribution is 6.01. The van der Waals surface area contributed by atoms with Crippen molar-refractivity contribution < 1.29 is 9.59 Å². The van der Waals surface area contributed by atoms with Crippen LogP contribution in [0.25, 0.3) is 0 Å². The fourth-order valence-corrected chi connectivity index (χ4v) is 4.06. The van der Waals surface area contributed by atoms with Crippen molar-refractivity contribution >= 4 is 17.6 Å². The summed E-state index contributed by atoms with van der Waals surface area (Å²) in [6.07, 6.45) is 9.89. The molecule has 6 nitrogen and oxygen atoms in total. The number of aromatic nitrogens is 2. The summed E-state index contributed by atoms with van der Waals surface area (Å²) in [6.45, 7) is 0. The number of hydrogen-bond acceptors (Lipinski definition) is 4. The first-order valence-electron chi connectivity index (χ1n) is 9.70. The number of amides is 2. The van der Waals surface area contributed by atoms with E-state index < -0.39 is 0 Å². The maximum atomic E-state index is 12.7. The summed E-state index contributed by atoms with van der Waals surface area (Å²) in [5.74, 6) is -0.274. The van der Waals surface area contributed by atoms with Crippen LogP contribution in [0.2, 0.25) is 0 Å². The van der Waals surface area contributed by atoms with E-state index in [1.807, 2.05) is 12.1 Å². The Kier molecular flexibility index (Phi) is 5.14. The molecule has 1 fully saturated rings. The van der Waals surface area contributed by atoms with Crippen molar-refractivity contribution in [3.8, 4) is 0 Å². The molecule has 0 spiro atoms. The van der Waals surface area contributed by atoms with Gasteiger partial charge in [0.15, 0.2) is 11.5 Å². The molecule has 0 saturated heterocycles. The molecule has 2 amide bonds. The first kappa shape index (κ1) is 17.6. The highest BCUT2D eigenvalue weighted by Gasteiger charge is 2.28. The largest absolute Gasteiger partial charge is 0.348 e. The van der Waals surface area contributed by atoms with Gasteiger partial charge in [-0.25, -0.2) is 9.97 Å². The van der Waals surface area contributed by atoms with Crippen molar-refractivity contribution in [3.05, 3.63) is 53.5 Å². The fourth-order valence-electron chi connectivity index (χ4n) is 4.06. The third-order valence-electron chi connectivity index (χ3n) is 5.52. The molecule has 0 aliphatic heterocycles. The van der Waals surface area contributed by atoms with Gasteiger partial charge in [-0.2, -0.15) is 0 Å². The lowest BCUT2D eigenvalue weighted by Gasteiger charge is -2.22. The Morgan fingerprint density at radius 1 is 0.926 bits per heavy atom. The molecule has 1 saturated carbocycles. The van der Waals surface area contributed by atoms with Gasteiger partial charge >= 0.3 is 0 Å². The van der Waals surface area contributed by atoms with Crippen LogP contribution in [-0.4, -0.2) is 27.8 Å². The monoisotopic (exact) mass is 364 g/mol. The van der Waals surface area contributed by atoms with Gasteiger partial charge in [-0.15, -0.1) is 0 Å². The van der Waals surface area contributed by atoms with Crippen LogP contribution in [0.5, 0.6) is 0 Å². The van der Waals surface area contributed by atoms with Crippen molar-refractivity contribution in [1.29, 1.82) is 0 Å². The minimum absolute atomic E-state index is 0.113. The molecule has 1 heterocycles. The van der Waals surface area contributed by atoms with Crippen LogP contribution in [0.4, 0.5) is 5.82 Å². The average Bonchev–Trinajstić information content (AvgIpc) is 3.13. The van der Waals surface area contributed by atoms with Gasteiger partial charge in [-0.1, -0.05) is 43.5 Å². The van der Waals surface area contributed by atoms with E-state index in [2.05, 4.69) is 32.7 Å². The Morgan fingerprint density at radius 2 is 1.59 bits per heavy atom. The lowest BCUT2D eigenvalue weighted by Crippen LogP contribution is -2.37. The summed E-state index contributed by atoms with van der Waals surface area (Å²) in [5, 5.41) is 5.87. The predicted molar refractivity (Wildman–Crippen MR) is 102 cm³/mol. The minimum Gasteiger partial charge on any atom is -0.348 e. The zero-order valence-corrected chi connectivity index (χ0v) is 15.3. The van der Waals surface area contributed by atoms with Crippen LogP contribution in [0, 0.1) is 5.92 Å². The minimum atomic E-state index is -0.264. The first-order valence-corrected chi connectivity index (χ1v) is 9.70. The number of carbonyl (C=O) groups excluding carboxylic acids is 2. The summed E-state index contributed by atoms with van der Waals surface area (Å²) in [7, 11) is 0. The summed E-state index contributed by atoms with van der Waals surface area (Å²) in [6, 6.07) is 8.30. The van der Waals surface area contributed by atoms with Crippen molar-refractivity contribution in [2.24, 2.45) is 5.92 Å². The Bertz CT molecular complexity index is 821. The number of benzene rings is 1. The van der Waals surface area contributed by atoms with E-state index >= 15 is 0 Å². The topological polar surface area (TPSA) is 84.0 Å². The summed E-state index contributed by atoms with van der Waals surface area (Å²) < 4.78 is 0. The molecule has 0 atom stereocenters. The number of fused-ring (bicyclic) bond motifs is 1. The van der Waals surface area contributed by atoms with Gasteiger partial charge in [-0.3, -0.25) is 9.59 Å². The summed E-state index contributed by atoms with van der Waals surface area (Å²) in [4.78, 5) is 33.8. The van der Waals surface area contributed by atoms with Crippen LogP contribution in [-0.2, 0) is 17.6 Å². The molecule has 4 rings (SSSR count). The van der Waals surface area contributed by atoms with Crippen LogP contribution < -0.4 is 10.6 Å². The van der Waals surface area contributed by atoms with Gasteiger partial charge in [0.25, 0.3) is 5.91 Å². The van der Waals surface area contributed by atoms with Gasteiger partial charge in [0.1, 0.15) is 0 Å². The van der Waals surface area contributed by atoms with E-state index in [4.69, 9.17) is 0 Å². The number of hydrogen-bond donors (Lipinski definition) is 2. The van der Waals surface area contributed by atoms with Gasteiger partial charge in [0, 0.05) is 24.4 Å². The highest BCUT2D eigenvalue weighted by Crippen LogP contribution is 2.27. The Labute approximate surface area is 158 Å². The number of nitrogens with zero attached hydrogens (tertiary/aromatic N) is 2. The Hall–Kier alpha value is -2.76. The molecule has 2 aromatic rings. The molecule has 2 N–H and O–H groups in total. The lowest BCUT2D eigenvalue weighted by molar-refractivity contribution is -0.119. The predicted octanol–water partition coefficient (Wildman–Crippen LogP) is 2.89. The number of rotatable bonds is 4. The molecule has 1 aromatic carbocycles. The van der Waals surface area contributed by atoms with Gasteiger partial charge in [0.2, 0.25) is 5.91 Å². The molecule has 140 valence electrons. The van der Waals surface area contributed by atoms with Crippen LogP contribution in [0.3, 0.4) is 0 Å². The van der Waals surface area contributed by atoms with Crippen LogP contribution in [0.15, 0.2) is 36.7 Å². The Balaban J connectivity index is 1.43. The zero-order chi connectivity index (χ0) is 18.6. The molecule has 0 bridgehead atoms. The SMILES string of the molecule is O=C(NC1CCCCC1)c1nccnc1NC(=O)C1Cc2ccccc2C1.